The van der Waals surface area contributed by atoms with Gasteiger partial charge in [-0.05, 0) is 37.1 Å². The largest absolute Gasteiger partial charge is 0.468 e. The number of nitrogens with one attached hydrogen (secondary N) is 1. The van der Waals surface area contributed by atoms with E-state index in [0.29, 0.717) is 5.56 Å². The number of furan rings is 1. The van der Waals surface area contributed by atoms with E-state index in [9.17, 15) is 4.79 Å². The van der Waals surface area contributed by atoms with Gasteiger partial charge in [-0.2, -0.15) is 0 Å². The fourth-order valence-corrected chi connectivity index (χ4v) is 3.39. The number of amides is 1. The SMILES string of the molecule is O=C(NC1CCN(Cc2ccco2)CC1)c1cccc(-c2cnccn2)c1. The number of carbonyl (C=O) groups excluding carboxylic acids is 1. The van der Waals surface area contributed by atoms with Crippen LogP contribution in [0, 0.1) is 0 Å². The maximum atomic E-state index is 12.7. The molecule has 1 fully saturated rings. The van der Waals surface area contributed by atoms with Crippen LogP contribution in [0.4, 0.5) is 0 Å². The van der Waals surface area contributed by atoms with E-state index in [1.54, 1.807) is 24.9 Å². The Balaban J connectivity index is 1.33. The van der Waals surface area contributed by atoms with Gasteiger partial charge in [0.1, 0.15) is 5.76 Å². The lowest BCUT2D eigenvalue weighted by molar-refractivity contribution is 0.0906. The fraction of sp³-hybridized carbons (Fsp3) is 0.286. The van der Waals surface area contributed by atoms with E-state index in [-0.39, 0.29) is 11.9 Å². The highest BCUT2D eigenvalue weighted by atomic mass is 16.3. The highest BCUT2D eigenvalue weighted by Crippen LogP contribution is 2.18. The fourth-order valence-electron chi connectivity index (χ4n) is 3.39. The van der Waals surface area contributed by atoms with Crippen molar-refractivity contribution in [2.45, 2.75) is 25.4 Å². The van der Waals surface area contributed by atoms with Crippen LogP contribution >= 0.6 is 0 Å². The van der Waals surface area contributed by atoms with Crippen LogP contribution in [0.3, 0.4) is 0 Å². The van der Waals surface area contributed by atoms with E-state index < -0.39 is 0 Å². The van der Waals surface area contributed by atoms with Crippen molar-refractivity contribution < 1.29 is 9.21 Å². The lowest BCUT2D eigenvalue weighted by Crippen LogP contribution is -2.44. The highest BCUT2D eigenvalue weighted by Gasteiger charge is 2.21. The molecule has 138 valence electrons. The Kier molecular flexibility index (Phi) is 5.25. The van der Waals surface area contributed by atoms with E-state index >= 15 is 0 Å². The standard InChI is InChI=1S/C21H22N4O2/c26-21(17-4-1-3-16(13-17)20-14-22-8-9-23-20)24-18-6-10-25(11-7-18)15-19-5-2-12-27-19/h1-5,8-9,12-14,18H,6-7,10-11,15H2,(H,24,26). The maximum Gasteiger partial charge on any atom is 0.251 e. The molecule has 4 rings (SSSR count). The number of nitrogens with zero attached hydrogens (tertiary/aromatic N) is 3. The van der Waals surface area contributed by atoms with Crippen LogP contribution in [0.5, 0.6) is 0 Å². The van der Waals surface area contributed by atoms with Crippen LogP contribution in [0.2, 0.25) is 0 Å². The average Bonchev–Trinajstić information content (AvgIpc) is 3.23. The molecule has 0 atom stereocenters. The second-order valence-electron chi connectivity index (χ2n) is 6.77. The number of carbonyl (C=O) groups is 1. The molecule has 1 aliphatic rings. The highest BCUT2D eigenvalue weighted by molar-refractivity contribution is 5.95. The van der Waals surface area contributed by atoms with E-state index in [2.05, 4.69) is 20.2 Å². The van der Waals surface area contributed by atoms with Crippen molar-refractivity contribution in [3.05, 3.63) is 72.6 Å². The minimum Gasteiger partial charge on any atom is -0.468 e. The Morgan fingerprint density at radius 3 is 2.81 bits per heavy atom. The lowest BCUT2D eigenvalue weighted by Gasteiger charge is -2.31. The molecule has 27 heavy (non-hydrogen) atoms. The third-order valence-electron chi connectivity index (χ3n) is 4.87. The Bertz CT molecular complexity index is 872. The number of rotatable bonds is 5. The summed E-state index contributed by atoms with van der Waals surface area (Å²) in [6.07, 6.45) is 8.58. The molecular formula is C21H22N4O2. The van der Waals surface area contributed by atoms with Crippen molar-refractivity contribution in [2.75, 3.05) is 13.1 Å². The van der Waals surface area contributed by atoms with E-state index in [1.165, 1.54) is 0 Å². The number of likely N-dealkylation sites (tertiary alicyclic amines) is 1. The molecule has 1 aliphatic heterocycles. The van der Waals surface area contributed by atoms with Gasteiger partial charge in [-0.3, -0.25) is 19.7 Å². The molecule has 0 bridgehead atoms. The molecule has 1 aromatic carbocycles. The summed E-state index contributed by atoms with van der Waals surface area (Å²) in [6, 6.07) is 11.6. The minimum absolute atomic E-state index is 0.0368. The van der Waals surface area contributed by atoms with E-state index in [4.69, 9.17) is 4.42 Å². The Labute approximate surface area is 158 Å². The summed E-state index contributed by atoms with van der Waals surface area (Å²) < 4.78 is 5.41. The van der Waals surface area contributed by atoms with Crippen LogP contribution in [0.1, 0.15) is 29.0 Å². The number of aromatic nitrogens is 2. The molecule has 1 amide bonds. The van der Waals surface area contributed by atoms with Gasteiger partial charge in [-0.1, -0.05) is 12.1 Å². The summed E-state index contributed by atoms with van der Waals surface area (Å²) in [5, 5.41) is 3.17. The molecule has 1 saturated heterocycles. The second-order valence-corrected chi connectivity index (χ2v) is 6.77. The zero-order valence-electron chi connectivity index (χ0n) is 15.0. The third kappa shape index (κ3) is 4.41. The summed E-state index contributed by atoms with van der Waals surface area (Å²) in [5.41, 5.74) is 2.30. The van der Waals surface area contributed by atoms with Crippen LogP contribution in [-0.4, -0.2) is 39.9 Å². The lowest BCUT2D eigenvalue weighted by atomic mass is 10.0. The van der Waals surface area contributed by atoms with Crippen molar-refractivity contribution >= 4 is 5.91 Å². The Morgan fingerprint density at radius 1 is 1.19 bits per heavy atom. The molecule has 3 heterocycles. The van der Waals surface area contributed by atoms with Crippen molar-refractivity contribution in [3.8, 4) is 11.3 Å². The summed E-state index contributed by atoms with van der Waals surface area (Å²) in [5.74, 6) is 0.948. The third-order valence-corrected chi connectivity index (χ3v) is 4.87. The van der Waals surface area contributed by atoms with Crippen molar-refractivity contribution in [1.82, 2.24) is 20.2 Å². The molecule has 0 saturated carbocycles. The van der Waals surface area contributed by atoms with Crippen LogP contribution in [0.15, 0.2) is 65.7 Å². The van der Waals surface area contributed by atoms with Crippen LogP contribution in [-0.2, 0) is 6.54 Å². The van der Waals surface area contributed by atoms with Gasteiger partial charge >= 0.3 is 0 Å². The first-order valence-electron chi connectivity index (χ1n) is 9.20. The number of hydrogen-bond donors (Lipinski definition) is 1. The molecule has 1 N–H and O–H groups in total. The first kappa shape index (κ1) is 17.4. The molecule has 3 aromatic rings. The monoisotopic (exact) mass is 362 g/mol. The molecule has 0 aliphatic carbocycles. The van der Waals surface area contributed by atoms with Gasteiger partial charge in [0.15, 0.2) is 0 Å². The first-order chi connectivity index (χ1) is 13.3. The summed E-state index contributed by atoms with van der Waals surface area (Å²) >= 11 is 0. The average molecular weight is 362 g/mol. The Morgan fingerprint density at radius 2 is 2.07 bits per heavy atom. The van der Waals surface area contributed by atoms with Crippen molar-refractivity contribution in [3.63, 3.8) is 0 Å². The smallest absolute Gasteiger partial charge is 0.251 e. The van der Waals surface area contributed by atoms with Gasteiger partial charge in [0.25, 0.3) is 5.91 Å². The maximum absolute atomic E-state index is 12.7. The molecule has 0 spiro atoms. The van der Waals surface area contributed by atoms with Gasteiger partial charge in [-0.15, -0.1) is 0 Å². The molecular weight excluding hydrogens is 340 g/mol. The van der Waals surface area contributed by atoms with Crippen LogP contribution < -0.4 is 5.32 Å². The second kappa shape index (κ2) is 8.14. The van der Waals surface area contributed by atoms with Gasteiger partial charge < -0.3 is 9.73 Å². The molecule has 0 radical (unpaired) electrons. The normalized spacial score (nSPS) is 15.6. The molecule has 6 heteroatoms. The number of piperidine rings is 1. The van der Waals surface area contributed by atoms with Gasteiger partial charge in [-0.25, -0.2) is 0 Å². The van der Waals surface area contributed by atoms with E-state index in [0.717, 1.165) is 49.5 Å². The van der Waals surface area contributed by atoms with Gasteiger partial charge in [0.2, 0.25) is 0 Å². The Hall–Kier alpha value is -2.99. The summed E-state index contributed by atoms with van der Waals surface area (Å²) in [6.45, 7) is 2.73. The van der Waals surface area contributed by atoms with E-state index in [1.807, 2.05) is 36.4 Å². The van der Waals surface area contributed by atoms with Gasteiger partial charge in [0, 0.05) is 42.7 Å². The molecule has 2 aromatic heterocycles. The topological polar surface area (TPSA) is 71.3 Å². The minimum atomic E-state index is -0.0368. The van der Waals surface area contributed by atoms with Gasteiger partial charge in [0.05, 0.1) is 24.7 Å². The predicted octanol–water partition coefficient (Wildman–Crippen LogP) is 3.13. The zero-order chi connectivity index (χ0) is 18.5. The van der Waals surface area contributed by atoms with Crippen molar-refractivity contribution in [1.29, 1.82) is 0 Å². The summed E-state index contributed by atoms with van der Waals surface area (Å²) in [4.78, 5) is 23.4. The summed E-state index contributed by atoms with van der Waals surface area (Å²) in [7, 11) is 0. The zero-order valence-corrected chi connectivity index (χ0v) is 15.0. The molecule has 6 nitrogen and oxygen atoms in total. The van der Waals surface area contributed by atoms with Crippen molar-refractivity contribution in [2.24, 2.45) is 0 Å². The first-order valence-corrected chi connectivity index (χ1v) is 9.20. The van der Waals surface area contributed by atoms with Crippen LogP contribution in [0.25, 0.3) is 11.3 Å². The quantitative estimate of drug-likeness (QED) is 0.755. The number of benzene rings is 1. The number of hydrogen-bond acceptors (Lipinski definition) is 5. The molecule has 0 unspecified atom stereocenters. The predicted molar refractivity (Wildman–Crippen MR) is 102 cm³/mol.